The zero-order chi connectivity index (χ0) is 15.9. The molecule has 0 aromatic heterocycles. The maximum Gasteiger partial charge on any atom is 0.251 e. The molecule has 2 bridgehead atoms. The summed E-state index contributed by atoms with van der Waals surface area (Å²) in [7, 11) is -3.39. The van der Waals surface area contributed by atoms with E-state index in [9.17, 15) is 13.2 Å². The number of fused-ring (bicyclic) bond motifs is 2. The molecule has 1 amide bonds. The molecule has 0 saturated heterocycles. The van der Waals surface area contributed by atoms with Crippen LogP contribution < -0.4 is 10.0 Å². The summed E-state index contributed by atoms with van der Waals surface area (Å²) in [5.74, 6) is 1.22. The van der Waals surface area contributed by atoms with E-state index in [2.05, 4.69) is 10.0 Å². The molecule has 0 unspecified atom stereocenters. The molecule has 3 rings (SSSR count). The number of hydrogen-bond donors (Lipinski definition) is 2. The van der Waals surface area contributed by atoms with Crippen LogP contribution in [0.1, 0.15) is 36.0 Å². The first-order valence-corrected chi connectivity index (χ1v) is 9.67. The second kappa shape index (κ2) is 5.74. The molecule has 0 heterocycles. The van der Waals surface area contributed by atoms with Crippen LogP contribution in [-0.2, 0) is 10.0 Å². The lowest BCUT2D eigenvalue weighted by atomic mass is 9.95. The first-order chi connectivity index (χ1) is 10.3. The Balaban J connectivity index is 1.69. The maximum absolute atomic E-state index is 12.3. The Hall–Kier alpha value is -1.27. The SMILES string of the molecule is CS(=O)(=O)Nc1ccc(C(=O)N[C@@H]2C[C@H]3CC[C@@H]2C3)cc1Cl. The van der Waals surface area contributed by atoms with Crippen molar-refractivity contribution in [2.45, 2.75) is 31.7 Å². The lowest BCUT2D eigenvalue weighted by Crippen LogP contribution is -2.38. The molecule has 0 spiro atoms. The summed E-state index contributed by atoms with van der Waals surface area (Å²) in [4.78, 5) is 12.3. The van der Waals surface area contributed by atoms with Gasteiger partial charge in [-0.15, -0.1) is 0 Å². The quantitative estimate of drug-likeness (QED) is 0.883. The van der Waals surface area contributed by atoms with E-state index in [-0.39, 0.29) is 22.7 Å². The number of sulfonamides is 1. The van der Waals surface area contributed by atoms with Crippen molar-refractivity contribution < 1.29 is 13.2 Å². The Labute approximate surface area is 135 Å². The lowest BCUT2D eigenvalue weighted by molar-refractivity contribution is 0.0923. The molecule has 120 valence electrons. The third-order valence-electron chi connectivity index (χ3n) is 4.58. The Bertz CT molecular complexity index is 705. The standard InChI is InChI=1S/C15H19ClN2O3S/c1-22(20,21)18-13-5-4-11(8-12(13)16)15(19)17-14-7-9-2-3-10(14)6-9/h4-5,8-10,14,18H,2-3,6-7H2,1H3,(H,17,19)/t9-,10+,14+/m0/s1. The Morgan fingerprint density at radius 3 is 2.59 bits per heavy atom. The van der Waals surface area contributed by atoms with E-state index >= 15 is 0 Å². The zero-order valence-electron chi connectivity index (χ0n) is 12.3. The average molecular weight is 343 g/mol. The van der Waals surface area contributed by atoms with E-state index in [0.717, 1.165) is 18.6 Å². The summed E-state index contributed by atoms with van der Waals surface area (Å²) in [6.45, 7) is 0. The minimum absolute atomic E-state index is 0.148. The van der Waals surface area contributed by atoms with Crippen molar-refractivity contribution in [2.24, 2.45) is 11.8 Å². The molecule has 3 atom stereocenters. The van der Waals surface area contributed by atoms with E-state index < -0.39 is 10.0 Å². The second-order valence-corrected chi connectivity index (χ2v) is 8.48. The molecule has 1 aromatic carbocycles. The zero-order valence-corrected chi connectivity index (χ0v) is 13.9. The fourth-order valence-electron chi connectivity index (χ4n) is 3.61. The van der Waals surface area contributed by atoms with Crippen molar-refractivity contribution in [1.29, 1.82) is 0 Å². The molecule has 2 aliphatic carbocycles. The molecule has 5 nitrogen and oxygen atoms in total. The van der Waals surface area contributed by atoms with Crippen LogP contribution in [0, 0.1) is 11.8 Å². The van der Waals surface area contributed by atoms with Gasteiger partial charge in [-0.1, -0.05) is 18.0 Å². The summed E-state index contributed by atoms with van der Waals surface area (Å²) in [6.07, 6.45) is 5.84. The number of amides is 1. The smallest absolute Gasteiger partial charge is 0.251 e. The largest absolute Gasteiger partial charge is 0.349 e. The number of carbonyl (C=O) groups is 1. The van der Waals surface area contributed by atoms with Gasteiger partial charge < -0.3 is 5.32 Å². The molecule has 7 heteroatoms. The highest BCUT2D eigenvalue weighted by Gasteiger charge is 2.40. The van der Waals surface area contributed by atoms with Crippen LogP contribution >= 0.6 is 11.6 Å². The minimum Gasteiger partial charge on any atom is -0.349 e. The molecule has 0 radical (unpaired) electrons. The Kier molecular flexibility index (Phi) is 4.07. The molecule has 0 aliphatic heterocycles. The van der Waals surface area contributed by atoms with Gasteiger partial charge in [0.1, 0.15) is 0 Å². The number of hydrogen-bond acceptors (Lipinski definition) is 3. The monoisotopic (exact) mass is 342 g/mol. The Morgan fingerprint density at radius 2 is 2.05 bits per heavy atom. The second-order valence-electron chi connectivity index (χ2n) is 6.32. The van der Waals surface area contributed by atoms with Gasteiger partial charge in [0.15, 0.2) is 0 Å². The van der Waals surface area contributed by atoms with Crippen LogP contribution in [0.25, 0.3) is 0 Å². The van der Waals surface area contributed by atoms with Crippen molar-refractivity contribution in [1.82, 2.24) is 5.32 Å². The van der Waals surface area contributed by atoms with Gasteiger partial charge in [-0.05, 0) is 49.3 Å². The summed E-state index contributed by atoms with van der Waals surface area (Å²) in [5.41, 5.74) is 0.729. The molecule has 2 N–H and O–H groups in total. The van der Waals surface area contributed by atoms with Gasteiger partial charge in [0.05, 0.1) is 17.0 Å². The highest BCUT2D eigenvalue weighted by Crippen LogP contribution is 2.44. The van der Waals surface area contributed by atoms with Gasteiger partial charge >= 0.3 is 0 Å². The summed E-state index contributed by atoms with van der Waals surface area (Å²) >= 11 is 6.05. The van der Waals surface area contributed by atoms with Crippen molar-refractivity contribution in [2.75, 3.05) is 11.0 Å². The van der Waals surface area contributed by atoms with E-state index in [1.165, 1.54) is 31.4 Å². The van der Waals surface area contributed by atoms with Crippen molar-refractivity contribution in [3.05, 3.63) is 28.8 Å². The van der Waals surface area contributed by atoms with Crippen molar-refractivity contribution >= 4 is 33.2 Å². The van der Waals surface area contributed by atoms with Crippen LogP contribution in [0.3, 0.4) is 0 Å². The maximum atomic E-state index is 12.3. The minimum atomic E-state index is -3.39. The number of carbonyl (C=O) groups excluding carboxylic acids is 1. The fourth-order valence-corrected chi connectivity index (χ4v) is 4.47. The number of benzene rings is 1. The number of nitrogens with one attached hydrogen (secondary N) is 2. The molecule has 2 fully saturated rings. The first-order valence-electron chi connectivity index (χ1n) is 7.40. The van der Waals surface area contributed by atoms with Gasteiger partial charge in [0.2, 0.25) is 10.0 Å². The number of anilines is 1. The van der Waals surface area contributed by atoms with Crippen LogP contribution in [0.15, 0.2) is 18.2 Å². The molecule has 1 aromatic rings. The first kappa shape index (κ1) is 15.6. The highest BCUT2D eigenvalue weighted by atomic mass is 35.5. The summed E-state index contributed by atoms with van der Waals surface area (Å²) in [6, 6.07) is 4.86. The van der Waals surface area contributed by atoms with Crippen LogP contribution in [-0.4, -0.2) is 26.6 Å². The normalized spacial score (nSPS) is 26.9. The highest BCUT2D eigenvalue weighted by molar-refractivity contribution is 7.92. The molecule has 22 heavy (non-hydrogen) atoms. The number of rotatable bonds is 4. The van der Waals surface area contributed by atoms with E-state index in [1.54, 1.807) is 6.07 Å². The van der Waals surface area contributed by atoms with E-state index in [1.807, 2.05) is 0 Å². The van der Waals surface area contributed by atoms with Gasteiger partial charge in [0, 0.05) is 11.6 Å². The predicted octanol–water partition coefficient (Wildman–Crippen LogP) is 2.63. The molecular formula is C15H19ClN2O3S. The van der Waals surface area contributed by atoms with Crippen molar-refractivity contribution in [3.8, 4) is 0 Å². The lowest BCUT2D eigenvalue weighted by Gasteiger charge is -2.23. The summed E-state index contributed by atoms with van der Waals surface area (Å²) < 4.78 is 24.8. The van der Waals surface area contributed by atoms with E-state index in [0.29, 0.717) is 11.5 Å². The molecule has 2 aliphatic rings. The molecule has 2 saturated carbocycles. The van der Waals surface area contributed by atoms with Gasteiger partial charge in [-0.2, -0.15) is 0 Å². The third-order valence-corrected chi connectivity index (χ3v) is 5.48. The topological polar surface area (TPSA) is 75.3 Å². The van der Waals surface area contributed by atoms with Crippen LogP contribution in [0.2, 0.25) is 5.02 Å². The van der Waals surface area contributed by atoms with Gasteiger partial charge in [0.25, 0.3) is 5.91 Å². The third kappa shape index (κ3) is 3.38. The Morgan fingerprint density at radius 1 is 1.27 bits per heavy atom. The van der Waals surface area contributed by atoms with Crippen LogP contribution in [0.5, 0.6) is 0 Å². The van der Waals surface area contributed by atoms with Gasteiger partial charge in [-0.25, -0.2) is 8.42 Å². The van der Waals surface area contributed by atoms with Gasteiger partial charge in [-0.3, -0.25) is 9.52 Å². The van der Waals surface area contributed by atoms with E-state index in [4.69, 9.17) is 11.6 Å². The van der Waals surface area contributed by atoms with Crippen LogP contribution in [0.4, 0.5) is 5.69 Å². The summed E-state index contributed by atoms with van der Waals surface area (Å²) in [5, 5.41) is 3.30. The average Bonchev–Trinajstić information content (AvgIpc) is 3.02. The predicted molar refractivity (Wildman–Crippen MR) is 86.6 cm³/mol. The number of halogens is 1. The fraction of sp³-hybridized carbons (Fsp3) is 0.533. The van der Waals surface area contributed by atoms with Crippen molar-refractivity contribution in [3.63, 3.8) is 0 Å². The molecular weight excluding hydrogens is 324 g/mol.